The zero-order valence-corrected chi connectivity index (χ0v) is 16.3. The average molecular weight is 390 g/mol. The topological polar surface area (TPSA) is 83.4 Å². The Bertz CT molecular complexity index is 850. The van der Waals surface area contributed by atoms with Crippen LogP contribution in [0, 0.1) is 0 Å². The minimum absolute atomic E-state index is 0. The van der Waals surface area contributed by atoms with Crippen molar-refractivity contribution >= 4 is 12.4 Å². The Labute approximate surface area is 165 Å². The maximum absolute atomic E-state index is 5.72. The maximum Gasteiger partial charge on any atom is 0.258 e. The predicted molar refractivity (Wildman–Crippen MR) is 107 cm³/mol. The molecule has 1 heterocycles. The van der Waals surface area contributed by atoms with Gasteiger partial charge in [-0.1, -0.05) is 36.3 Å². The molecule has 0 unspecified atom stereocenters. The van der Waals surface area contributed by atoms with E-state index in [0.29, 0.717) is 37.2 Å². The van der Waals surface area contributed by atoms with Crippen LogP contribution >= 0.6 is 12.4 Å². The second-order valence-electron chi connectivity index (χ2n) is 5.77. The first-order valence-electron chi connectivity index (χ1n) is 8.78. The van der Waals surface area contributed by atoms with Gasteiger partial charge in [0, 0.05) is 17.7 Å². The Morgan fingerprint density at radius 1 is 0.963 bits per heavy atom. The van der Waals surface area contributed by atoms with E-state index in [-0.39, 0.29) is 12.4 Å². The van der Waals surface area contributed by atoms with Gasteiger partial charge >= 0.3 is 0 Å². The molecule has 0 bridgehead atoms. The molecule has 0 fully saturated rings. The smallest absolute Gasteiger partial charge is 0.258 e. The second-order valence-corrected chi connectivity index (χ2v) is 5.77. The number of hydrogen-bond acceptors (Lipinski definition) is 6. The average Bonchev–Trinajstić information content (AvgIpc) is 3.17. The molecule has 0 radical (unpaired) electrons. The standard InChI is InChI=1S/C20H23N3O3.ClH/c1-3-11-25-17-10-9-16(12-18(17)24-4-2)20-22-19(23-26-20)15-7-5-14(13-21)6-8-15;/h5-10,12H,3-4,11,13,21H2,1-2H3;1H. The Kier molecular flexibility index (Phi) is 7.64. The van der Waals surface area contributed by atoms with E-state index < -0.39 is 0 Å². The fourth-order valence-corrected chi connectivity index (χ4v) is 2.49. The number of ether oxygens (including phenoxy) is 2. The minimum atomic E-state index is 0. The summed E-state index contributed by atoms with van der Waals surface area (Å²) in [7, 11) is 0. The molecule has 0 amide bonds. The molecule has 0 aliphatic rings. The molecule has 144 valence electrons. The normalized spacial score (nSPS) is 10.3. The molecule has 1 aromatic heterocycles. The SMILES string of the molecule is CCCOc1ccc(-c2nc(-c3ccc(CN)cc3)no2)cc1OCC.Cl. The van der Waals surface area contributed by atoms with Crippen molar-refractivity contribution in [3.63, 3.8) is 0 Å². The highest BCUT2D eigenvalue weighted by atomic mass is 35.5. The van der Waals surface area contributed by atoms with Crippen LogP contribution in [-0.2, 0) is 6.54 Å². The molecule has 0 atom stereocenters. The van der Waals surface area contributed by atoms with Gasteiger partial charge in [-0.05, 0) is 37.1 Å². The van der Waals surface area contributed by atoms with E-state index in [9.17, 15) is 0 Å². The van der Waals surface area contributed by atoms with Gasteiger partial charge < -0.3 is 19.7 Å². The molecule has 0 saturated heterocycles. The summed E-state index contributed by atoms with van der Waals surface area (Å²) >= 11 is 0. The van der Waals surface area contributed by atoms with Crippen LogP contribution in [0.15, 0.2) is 47.0 Å². The molecule has 27 heavy (non-hydrogen) atoms. The van der Waals surface area contributed by atoms with Crippen LogP contribution in [0.2, 0.25) is 0 Å². The number of nitrogens with zero attached hydrogens (tertiary/aromatic N) is 2. The van der Waals surface area contributed by atoms with Crippen LogP contribution in [0.1, 0.15) is 25.8 Å². The van der Waals surface area contributed by atoms with Gasteiger partial charge in [-0.2, -0.15) is 4.98 Å². The van der Waals surface area contributed by atoms with E-state index in [2.05, 4.69) is 17.1 Å². The van der Waals surface area contributed by atoms with Crippen molar-refractivity contribution in [1.82, 2.24) is 10.1 Å². The van der Waals surface area contributed by atoms with Crippen molar-refractivity contribution in [1.29, 1.82) is 0 Å². The molecular formula is C20H24ClN3O3. The summed E-state index contributed by atoms with van der Waals surface area (Å²) in [6.07, 6.45) is 0.934. The third-order valence-corrected chi connectivity index (χ3v) is 3.83. The fraction of sp³-hybridized carbons (Fsp3) is 0.300. The summed E-state index contributed by atoms with van der Waals surface area (Å²) in [6.45, 7) is 5.70. The number of halogens is 1. The number of benzene rings is 2. The fourth-order valence-electron chi connectivity index (χ4n) is 2.49. The van der Waals surface area contributed by atoms with Gasteiger partial charge in [0.25, 0.3) is 5.89 Å². The Morgan fingerprint density at radius 2 is 1.70 bits per heavy atom. The molecule has 0 aliphatic heterocycles. The monoisotopic (exact) mass is 389 g/mol. The van der Waals surface area contributed by atoms with Gasteiger partial charge in [-0.25, -0.2) is 0 Å². The van der Waals surface area contributed by atoms with Gasteiger partial charge in [-0.15, -0.1) is 12.4 Å². The highest BCUT2D eigenvalue weighted by Crippen LogP contribution is 2.33. The van der Waals surface area contributed by atoms with E-state index in [4.69, 9.17) is 19.7 Å². The number of nitrogens with two attached hydrogens (primary N) is 1. The first kappa shape index (κ1) is 20.7. The molecule has 3 rings (SSSR count). The first-order valence-corrected chi connectivity index (χ1v) is 8.78. The molecule has 6 nitrogen and oxygen atoms in total. The Balaban J connectivity index is 0.00000261. The van der Waals surface area contributed by atoms with E-state index in [1.807, 2.05) is 49.4 Å². The van der Waals surface area contributed by atoms with Crippen molar-refractivity contribution in [2.24, 2.45) is 5.73 Å². The van der Waals surface area contributed by atoms with Crippen molar-refractivity contribution in [3.8, 4) is 34.3 Å². The van der Waals surface area contributed by atoms with Gasteiger partial charge in [0.1, 0.15) is 0 Å². The zero-order chi connectivity index (χ0) is 18.4. The zero-order valence-electron chi connectivity index (χ0n) is 15.5. The van der Waals surface area contributed by atoms with Gasteiger partial charge in [0.2, 0.25) is 5.82 Å². The van der Waals surface area contributed by atoms with Gasteiger partial charge in [0.05, 0.1) is 13.2 Å². The van der Waals surface area contributed by atoms with Crippen molar-refractivity contribution in [2.75, 3.05) is 13.2 Å². The highest BCUT2D eigenvalue weighted by Gasteiger charge is 2.14. The lowest BCUT2D eigenvalue weighted by Crippen LogP contribution is -2.00. The lowest BCUT2D eigenvalue weighted by atomic mass is 10.1. The third kappa shape index (κ3) is 4.99. The molecule has 0 aliphatic carbocycles. The third-order valence-electron chi connectivity index (χ3n) is 3.83. The molecule has 0 saturated carbocycles. The van der Waals surface area contributed by atoms with Crippen LogP contribution in [-0.4, -0.2) is 23.4 Å². The molecule has 7 heteroatoms. The molecule has 3 aromatic rings. The predicted octanol–water partition coefficient (Wildman–Crippen LogP) is 4.47. The summed E-state index contributed by atoms with van der Waals surface area (Å²) < 4.78 is 16.8. The van der Waals surface area contributed by atoms with Crippen LogP contribution in [0.25, 0.3) is 22.8 Å². The second kappa shape index (κ2) is 9.94. The summed E-state index contributed by atoms with van der Waals surface area (Å²) in [6, 6.07) is 13.4. The van der Waals surface area contributed by atoms with Crippen LogP contribution in [0.4, 0.5) is 0 Å². The highest BCUT2D eigenvalue weighted by molar-refractivity contribution is 5.85. The lowest BCUT2D eigenvalue weighted by molar-refractivity contribution is 0.277. The molecule has 2 N–H and O–H groups in total. The first-order chi connectivity index (χ1) is 12.7. The molecule has 0 spiro atoms. The number of rotatable bonds is 8. The maximum atomic E-state index is 5.72. The molecular weight excluding hydrogens is 366 g/mol. The lowest BCUT2D eigenvalue weighted by Gasteiger charge is -2.11. The Morgan fingerprint density at radius 3 is 2.37 bits per heavy atom. The van der Waals surface area contributed by atoms with E-state index in [1.165, 1.54) is 0 Å². The van der Waals surface area contributed by atoms with Crippen molar-refractivity contribution in [3.05, 3.63) is 48.0 Å². The van der Waals surface area contributed by atoms with Crippen LogP contribution in [0.5, 0.6) is 11.5 Å². The van der Waals surface area contributed by atoms with Crippen LogP contribution in [0.3, 0.4) is 0 Å². The van der Waals surface area contributed by atoms with E-state index in [1.54, 1.807) is 0 Å². The van der Waals surface area contributed by atoms with Crippen molar-refractivity contribution in [2.45, 2.75) is 26.8 Å². The quantitative estimate of drug-likeness (QED) is 0.611. The largest absolute Gasteiger partial charge is 0.490 e. The summed E-state index contributed by atoms with van der Waals surface area (Å²) in [5, 5.41) is 4.08. The summed E-state index contributed by atoms with van der Waals surface area (Å²) in [5.74, 6) is 2.36. The van der Waals surface area contributed by atoms with E-state index in [0.717, 1.165) is 28.9 Å². The van der Waals surface area contributed by atoms with Crippen LogP contribution < -0.4 is 15.2 Å². The molecule has 2 aromatic carbocycles. The van der Waals surface area contributed by atoms with Gasteiger partial charge in [-0.3, -0.25) is 0 Å². The summed E-state index contributed by atoms with van der Waals surface area (Å²) in [5.41, 5.74) is 8.35. The Hall–Kier alpha value is -2.57. The van der Waals surface area contributed by atoms with Crippen molar-refractivity contribution < 1.29 is 14.0 Å². The van der Waals surface area contributed by atoms with Gasteiger partial charge in [0.15, 0.2) is 11.5 Å². The van der Waals surface area contributed by atoms with E-state index >= 15 is 0 Å². The number of hydrogen-bond donors (Lipinski definition) is 1. The minimum Gasteiger partial charge on any atom is -0.490 e. The summed E-state index contributed by atoms with van der Waals surface area (Å²) in [4.78, 5) is 4.49. The number of aromatic nitrogens is 2.